The number of ether oxygens (including phenoxy) is 1. The Morgan fingerprint density at radius 3 is 2.24 bits per heavy atom. The van der Waals surface area contributed by atoms with Crippen LogP contribution in [0.4, 0.5) is 10.2 Å². The predicted octanol–water partition coefficient (Wildman–Crippen LogP) is 5.86. The Morgan fingerprint density at radius 1 is 0.978 bits per heavy atom. The van der Waals surface area contributed by atoms with E-state index in [1.165, 1.54) is 23.5 Å². The molecule has 0 aliphatic rings. The first-order chi connectivity index (χ1) is 22.2. The number of halogens is 1. The number of fused-ring (bicyclic) bond motifs is 1. The van der Waals surface area contributed by atoms with Gasteiger partial charge in [-0.05, 0) is 34.3 Å². The molecule has 3 aromatic carbocycles. The minimum absolute atomic E-state index is 0.0689. The molecule has 2 N–H and O–H groups in total. The average Bonchev–Trinajstić information content (AvgIpc) is 3.47. The van der Waals surface area contributed by atoms with E-state index in [1.54, 1.807) is 16.9 Å². The molecule has 0 unspecified atom stereocenters. The van der Waals surface area contributed by atoms with Crippen LogP contribution in [0.25, 0.3) is 11.0 Å². The van der Waals surface area contributed by atoms with Gasteiger partial charge in [-0.25, -0.2) is 14.4 Å². The van der Waals surface area contributed by atoms with Crippen LogP contribution in [0.3, 0.4) is 0 Å². The Kier molecular flexibility index (Phi) is 10.5. The maximum atomic E-state index is 14.4. The van der Waals surface area contributed by atoms with Crippen molar-refractivity contribution in [1.29, 1.82) is 0 Å². The fourth-order valence-electron chi connectivity index (χ4n) is 6.30. The number of aromatic nitrogens is 4. The normalized spacial score (nSPS) is 12.8. The zero-order valence-corrected chi connectivity index (χ0v) is 28.3. The first-order valence-electron chi connectivity index (χ1n) is 15.8. The summed E-state index contributed by atoms with van der Waals surface area (Å²) in [4.78, 5) is 8.84. The lowest BCUT2D eigenvalue weighted by Crippen LogP contribution is -2.66. The van der Waals surface area contributed by atoms with Crippen LogP contribution in [0.15, 0.2) is 79.0 Å². The highest BCUT2D eigenvalue weighted by Gasteiger charge is 2.50. The molecule has 10 heteroatoms. The number of aliphatic hydroxyl groups is 1. The Hall–Kier alpha value is -4.12. The van der Waals surface area contributed by atoms with Gasteiger partial charge in [0, 0.05) is 29.8 Å². The van der Waals surface area contributed by atoms with Crippen LogP contribution in [0.2, 0.25) is 5.04 Å². The number of benzene rings is 3. The average molecular weight is 641 g/mol. The monoisotopic (exact) mass is 640 g/mol. The van der Waals surface area contributed by atoms with Crippen molar-refractivity contribution in [2.24, 2.45) is 0 Å². The van der Waals surface area contributed by atoms with E-state index in [-0.39, 0.29) is 23.2 Å². The van der Waals surface area contributed by atoms with Crippen LogP contribution in [0.5, 0.6) is 5.75 Å². The third-order valence-electron chi connectivity index (χ3n) is 8.50. The number of aliphatic hydroxyl groups excluding tert-OH is 1. The van der Waals surface area contributed by atoms with Gasteiger partial charge in [0.1, 0.15) is 22.6 Å². The van der Waals surface area contributed by atoms with Gasteiger partial charge in [-0.2, -0.15) is 5.10 Å². The van der Waals surface area contributed by atoms with Crippen molar-refractivity contribution in [2.45, 2.75) is 71.2 Å². The number of hydrogen-bond donors (Lipinski definition) is 2. The summed E-state index contributed by atoms with van der Waals surface area (Å²) in [5.41, 5.74) is 2.23. The van der Waals surface area contributed by atoms with Crippen molar-refractivity contribution in [3.05, 3.63) is 102 Å². The molecule has 5 aromatic rings. The van der Waals surface area contributed by atoms with E-state index in [9.17, 15) is 9.50 Å². The minimum atomic E-state index is -2.67. The zero-order chi connectivity index (χ0) is 32.7. The van der Waals surface area contributed by atoms with E-state index in [0.717, 1.165) is 19.3 Å². The number of rotatable bonds is 14. The first kappa shape index (κ1) is 33.2. The van der Waals surface area contributed by atoms with Crippen molar-refractivity contribution in [3.63, 3.8) is 0 Å². The molecule has 0 aliphatic heterocycles. The van der Waals surface area contributed by atoms with Gasteiger partial charge in [0.2, 0.25) is 6.33 Å². The van der Waals surface area contributed by atoms with Gasteiger partial charge in [0.05, 0.1) is 26.5 Å². The molecule has 241 valence electrons. The Morgan fingerprint density at radius 2 is 1.65 bits per heavy atom. The van der Waals surface area contributed by atoms with Gasteiger partial charge in [-0.15, -0.1) is 0 Å². The molecule has 8 nitrogen and oxygen atoms in total. The molecular weight excluding hydrogens is 598 g/mol. The van der Waals surface area contributed by atoms with Crippen molar-refractivity contribution in [3.8, 4) is 5.75 Å². The van der Waals surface area contributed by atoms with E-state index in [1.807, 2.05) is 0 Å². The molecule has 5 rings (SSSR count). The van der Waals surface area contributed by atoms with Crippen molar-refractivity contribution < 1.29 is 18.7 Å². The molecule has 0 spiro atoms. The zero-order valence-electron chi connectivity index (χ0n) is 27.3. The highest BCUT2D eigenvalue weighted by molar-refractivity contribution is 6.99. The fraction of sp³-hybridized carbons (Fsp3) is 0.361. The van der Waals surface area contributed by atoms with Crippen LogP contribution >= 0.6 is 0 Å². The van der Waals surface area contributed by atoms with E-state index >= 15 is 0 Å². The molecule has 2 aromatic heterocycles. The smallest absolute Gasteiger partial charge is 0.261 e. The largest absolute Gasteiger partial charge is 0.496 e. The molecule has 0 bridgehead atoms. The third kappa shape index (κ3) is 6.84. The molecule has 0 aliphatic carbocycles. The lowest BCUT2D eigenvalue weighted by molar-refractivity contribution is 0.275. The van der Waals surface area contributed by atoms with E-state index < -0.39 is 20.7 Å². The van der Waals surface area contributed by atoms with Crippen molar-refractivity contribution in [1.82, 2.24) is 19.7 Å². The third-order valence-corrected chi connectivity index (χ3v) is 13.5. The second kappa shape index (κ2) is 14.5. The quantitative estimate of drug-likeness (QED) is 0.147. The maximum absolute atomic E-state index is 14.4. The molecule has 2 heterocycles. The van der Waals surface area contributed by atoms with Crippen LogP contribution < -0.4 is 20.4 Å². The maximum Gasteiger partial charge on any atom is 0.261 e. The molecule has 46 heavy (non-hydrogen) atoms. The van der Waals surface area contributed by atoms with Crippen molar-refractivity contribution in [2.75, 3.05) is 19.0 Å². The molecule has 0 saturated carbocycles. The van der Waals surface area contributed by atoms with Crippen LogP contribution in [-0.4, -0.2) is 52.9 Å². The standard InChI is InChI=1S/C36H43FN5O3Si/c1-6-13-28(18-19-45-46(36(2,3)4,29-14-9-7-10-15-29)30-16-11-8-12-17-30)41-35-34-32(38-25-39-35)22-40-42(34)23-26-20-27(24-43)31(37)21-33(26)44-5/h7-12,14-17,20-22,28,43H,6,13,18-19,23-24H2,1-5H3,(H,38,39,41)/t28-/m0/s1. The topological polar surface area (TPSA) is 94.3 Å². The number of methoxy groups -OCH3 is 1. The lowest BCUT2D eigenvalue weighted by atomic mass is 10.1. The molecule has 0 fully saturated rings. The summed E-state index contributed by atoms with van der Waals surface area (Å²) in [5, 5.41) is 20.3. The second-order valence-corrected chi connectivity index (χ2v) is 16.9. The highest BCUT2D eigenvalue weighted by atomic mass is 28.4. The lowest BCUT2D eigenvalue weighted by Gasteiger charge is -2.43. The van der Waals surface area contributed by atoms with E-state index in [0.29, 0.717) is 34.8 Å². The van der Waals surface area contributed by atoms with Gasteiger partial charge < -0.3 is 19.6 Å². The second-order valence-electron chi connectivity index (χ2n) is 12.6. The SMILES string of the molecule is CCC[C@@H](CCO[Si](c1ccccc1)(c1ccccc1)C(C)(C)C)Nc1n[c]nc2cnn(Cc3cc(CO)c(F)cc3OC)c12. The highest BCUT2D eigenvalue weighted by Crippen LogP contribution is 2.37. The predicted molar refractivity (Wildman–Crippen MR) is 183 cm³/mol. The number of nitrogens with zero attached hydrogens (tertiary/aromatic N) is 4. The molecule has 1 radical (unpaired) electrons. The Labute approximate surface area is 271 Å². The summed E-state index contributed by atoms with van der Waals surface area (Å²) in [5.74, 6) is 0.479. The molecule has 1 atom stereocenters. The molecule has 0 saturated heterocycles. The van der Waals surface area contributed by atoms with Gasteiger partial charge in [-0.3, -0.25) is 4.68 Å². The van der Waals surface area contributed by atoms with Crippen LogP contribution in [0.1, 0.15) is 58.1 Å². The molecule has 0 amide bonds. The first-order valence-corrected chi connectivity index (χ1v) is 17.7. The van der Waals surface area contributed by atoms with Crippen LogP contribution in [-0.2, 0) is 17.6 Å². The number of nitrogens with one attached hydrogen (secondary N) is 1. The number of anilines is 1. The summed E-state index contributed by atoms with van der Waals surface area (Å²) in [7, 11) is -1.17. The van der Waals surface area contributed by atoms with E-state index in [2.05, 4.69) is 115 Å². The van der Waals surface area contributed by atoms with E-state index in [4.69, 9.17) is 9.16 Å². The summed E-state index contributed by atoms with van der Waals surface area (Å²) in [6.45, 7) is 9.46. The Balaban J connectivity index is 1.42. The summed E-state index contributed by atoms with van der Waals surface area (Å²) >= 11 is 0. The summed E-state index contributed by atoms with van der Waals surface area (Å²) < 4.78 is 28.8. The summed E-state index contributed by atoms with van der Waals surface area (Å²) in [6, 6.07) is 24.3. The van der Waals surface area contributed by atoms with Crippen LogP contribution in [0, 0.1) is 12.1 Å². The fourth-order valence-corrected chi connectivity index (χ4v) is 10.9. The van der Waals surface area contributed by atoms with Gasteiger partial charge >= 0.3 is 0 Å². The molecular formula is C36H43FN5O3Si. The number of hydrogen-bond acceptors (Lipinski definition) is 7. The minimum Gasteiger partial charge on any atom is -0.496 e. The summed E-state index contributed by atoms with van der Waals surface area (Å²) in [6.07, 6.45) is 7.10. The Bertz CT molecular complexity index is 1690. The van der Waals surface area contributed by atoms with Crippen molar-refractivity contribution >= 4 is 35.5 Å². The van der Waals surface area contributed by atoms with Gasteiger partial charge in [0.25, 0.3) is 8.32 Å². The van der Waals surface area contributed by atoms with Gasteiger partial charge in [-0.1, -0.05) is 94.8 Å². The van der Waals surface area contributed by atoms with Gasteiger partial charge in [0.15, 0.2) is 5.82 Å².